The third kappa shape index (κ3) is 7.18. The SMILES string of the molecule is COC1(COc2ccccc2F)CCCN(Cc2ccc(OCCCN3CCCC3=O)cc2)CC1. The zero-order chi connectivity index (χ0) is 24.5. The molecule has 2 aromatic rings. The number of benzene rings is 2. The molecule has 1 atom stereocenters. The van der Waals surface area contributed by atoms with Crippen LogP contribution in [-0.4, -0.2) is 67.8 Å². The molecule has 2 saturated heterocycles. The van der Waals surface area contributed by atoms with Crippen LogP contribution in [0.2, 0.25) is 0 Å². The van der Waals surface area contributed by atoms with Crippen molar-refractivity contribution in [1.82, 2.24) is 9.80 Å². The molecule has 2 aliphatic heterocycles. The fourth-order valence-corrected chi connectivity index (χ4v) is 4.90. The summed E-state index contributed by atoms with van der Waals surface area (Å²) >= 11 is 0. The van der Waals surface area contributed by atoms with Gasteiger partial charge in [0, 0.05) is 39.7 Å². The summed E-state index contributed by atoms with van der Waals surface area (Å²) in [5.41, 5.74) is 0.835. The number of carbonyl (C=O) groups is 1. The summed E-state index contributed by atoms with van der Waals surface area (Å²) in [6.45, 7) is 5.36. The summed E-state index contributed by atoms with van der Waals surface area (Å²) in [7, 11) is 1.72. The average Bonchev–Trinajstić information content (AvgIpc) is 3.18. The van der Waals surface area contributed by atoms with Crippen LogP contribution in [0.3, 0.4) is 0 Å². The highest BCUT2D eigenvalue weighted by atomic mass is 19.1. The molecular formula is C28H37FN2O4. The molecule has 0 spiro atoms. The van der Waals surface area contributed by atoms with Crippen molar-refractivity contribution in [2.75, 3.05) is 46.5 Å². The normalized spacial score (nSPS) is 21.2. The number of methoxy groups -OCH3 is 1. The van der Waals surface area contributed by atoms with Gasteiger partial charge in [-0.15, -0.1) is 0 Å². The fraction of sp³-hybridized carbons (Fsp3) is 0.536. The van der Waals surface area contributed by atoms with Crippen LogP contribution in [0.1, 0.15) is 44.1 Å². The zero-order valence-electron chi connectivity index (χ0n) is 20.7. The summed E-state index contributed by atoms with van der Waals surface area (Å²) in [6.07, 6.45) is 5.22. The van der Waals surface area contributed by atoms with E-state index in [0.717, 1.165) is 70.6 Å². The third-order valence-corrected chi connectivity index (χ3v) is 7.09. The lowest BCUT2D eigenvalue weighted by Gasteiger charge is -2.31. The standard InChI is InChI=1S/C28H37FN2O4/c1-33-28(22-35-26-8-3-2-7-25(26)29)14-5-16-30(19-15-28)21-23-10-12-24(13-11-23)34-20-6-18-31-17-4-9-27(31)32/h2-3,7-8,10-13H,4-6,9,14-22H2,1H3. The molecular weight excluding hydrogens is 447 g/mol. The number of ether oxygens (including phenoxy) is 3. The Labute approximate surface area is 208 Å². The minimum Gasteiger partial charge on any atom is -0.494 e. The topological polar surface area (TPSA) is 51.2 Å². The van der Waals surface area contributed by atoms with Crippen LogP contribution >= 0.6 is 0 Å². The zero-order valence-corrected chi connectivity index (χ0v) is 20.7. The lowest BCUT2D eigenvalue weighted by molar-refractivity contribution is -0.127. The first-order valence-corrected chi connectivity index (χ1v) is 12.7. The largest absolute Gasteiger partial charge is 0.494 e. The van der Waals surface area contributed by atoms with Gasteiger partial charge in [-0.25, -0.2) is 4.39 Å². The van der Waals surface area contributed by atoms with E-state index in [9.17, 15) is 9.18 Å². The summed E-state index contributed by atoms with van der Waals surface area (Å²) < 4.78 is 31.5. The van der Waals surface area contributed by atoms with E-state index >= 15 is 0 Å². The van der Waals surface area contributed by atoms with Crippen molar-refractivity contribution in [3.8, 4) is 11.5 Å². The second-order valence-electron chi connectivity index (χ2n) is 9.57. The fourth-order valence-electron chi connectivity index (χ4n) is 4.90. The van der Waals surface area contributed by atoms with Gasteiger partial charge >= 0.3 is 0 Å². The van der Waals surface area contributed by atoms with E-state index in [-0.39, 0.29) is 17.5 Å². The number of nitrogens with zero attached hydrogens (tertiary/aromatic N) is 2. The Kier molecular flexibility index (Phi) is 8.99. The number of likely N-dealkylation sites (tertiary alicyclic amines) is 2. The number of rotatable bonds is 11. The van der Waals surface area contributed by atoms with Crippen molar-refractivity contribution in [2.45, 2.75) is 50.7 Å². The maximum atomic E-state index is 14.0. The summed E-state index contributed by atoms with van der Waals surface area (Å²) in [6, 6.07) is 14.8. The van der Waals surface area contributed by atoms with E-state index in [1.54, 1.807) is 25.3 Å². The number of halogens is 1. The summed E-state index contributed by atoms with van der Waals surface area (Å²) in [5.74, 6) is 1.06. The second-order valence-corrected chi connectivity index (χ2v) is 9.57. The Hall–Kier alpha value is -2.64. The van der Waals surface area contributed by atoms with Crippen LogP contribution in [0.5, 0.6) is 11.5 Å². The van der Waals surface area contributed by atoms with Crippen molar-refractivity contribution in [3.63, 3.8) is 0 Å². The highest BCUT2D eigenvalue weighted by molar-refractivity contribution is 5.77. The molecule has 7 heteroatoms. The molecule has 2 aliphatic rings. The minimum atomic E-state index is -0.408. The number of amides is 1. The molecule has 0 aromatic heterocycles. The van der Waals surface area contributed by atoms with Crippen molar-refractivity contribution in [3.05, 3.63) is 59.9 Å². The number of carbonyl (C=O) groups excluding carboxylic acids is 1. The first-order chi connectivity index (χ1) is 17.1. The molecule has 6 nitrogen and oxygen atoms in total. The van der Waals surface area contributed by atoms with Gasteiger partial charge in [-0.1, -0.05) is 24.3 Å². The lowest BCUT2D eigenvalue weighted by Crippen LogP contribution is -2.39. The first-order valence-electron chi connectivity index (χ1n) is 12.7. The van der Waals surface area contributed by atoms with Crippen LogP contribution in [0.25, 0.3) is 0 Å². The van der Waals surface area contributed by atoms with E-state index in [0.29, 0.717) is 19.6 Å². The van der Waals surface area contributed by atoms with Gasteiger partial charge in [0.05, 0.1) is 6.61 Å². The average molecular weight is 485 g/mol. The summed E-state index contributed by atoms with van der Waals surface area (Å²) in [4.78, 5) is 16.0. The van der Waals surface area contributed by atoms with Gasteiger partial charge in [-0.05, 0) is 68.5 Å². The molecule has 4 rings (SSSR count). The molecule has 2 fully saturated rings. The molecule has 0 aliphatic carbocycles. The molecule has 1 amide bonds. The Morgan fingerprint density at radius 3 is 2.54 bits per heavy atom. The molecule has 0 bridgehead atoms. The van der Waals surface area contributed by atoms with Crippen molar-refractivity contribution < 1.29 is 23.4 Å². The highest BCUT2D eigenvalue weighted by Crippen LogP contribution is 2.29. The molecule has 1 unspecified atom stereocenters. The van der Waals surface area contributed by atoms with Crippen molar-refractivity contribution in [2.24, 2.45) is 0 Å². The van der Waals surface area contributed by atoms with E-state index < -0.39 is 5.60 Å². The second kappa shape index (κ2) is 12.4. The van der Waals surface area contributed by atoms with Crippen LogP contribution in [0.15, 0.2) is 48.5 Å². The number of hydrogen-bond donors (Lipinski definition) is 0. The van der Waals surface area contributed by atoms with Crippen LogP contribution < -0.4 is 9.47 Å². The van der Waals surface area contributed by atoms with Gasteiger partial charge in [0.25, 0.3) is 0 Å². The molecule has 35 heavy (non-hydrogen) atoms. The molecule has 2 aromatic carbocycles. The third-order valence-electron chi connectivity index (χ3n) is 7.09. The van der Waals surface area contributed by atoms with Crippen LogP contribution in [-0.2, 0) is 16.1 Å². The number of para-hydroxylation sites is 1. The maximum Gasteiger partial charge on any atom is 0.222 e. The lowest BCUT2D eigenvalue weighted by atomic mass is 9.95. The van der Waals surface area contributed by atoms with E-state index in [1.807, 2.05) is 17.0 Å². The van der Waals surface area contributed by atoms with Crippen molar-refractivity contribution in [1.29, 1.82) is 0 Å². The summed E-state index contributed by atoms with van der Waals surface area (Å²) in [5, 5.41) is 0. The number of hydrogen-bond acceptors (Lipinski definition) is 5. The Balaban J connectivity index is 1.21. The van der Waals surface area contributed by atoms with Gasteiger partial charge in [0.15, 0.2) is 11.6 Å². The van der Waals surface area contributed by atoms with Gasteiger partial charge in [-0.2, -0.15) is 0 Å². The van der Waals surface area contributed by atoms with E-state index in [2.05, 4.69) is 17.0 Å². The van der Waals surface area contributed by atoms with Gasteiger partial charge < -0.3 is 19.1 Å². The quantitative estimate of drug-likeness (QED) is 0.434. The van der Waals surface area contributed by atoms with Crippen LogP contribution in [0.4, 0.5) is 4.39 Å². The Morgan fingerprint density at radius 2 is 1.80 bits per heavy atom. The highest BCUT2D eigenvalue weighted by Gasteiger charge is 2.34. The molecule has 0 N–H and O–H groups in total. The Bertz CT molecular complexity index is 954. The molecule has 2 heterocycles. The molecule has 190 valence electrons. The predicted molar refractivity (Wildman–Crippen MR) is 133 cm³/mol. The first kappa shape index (κ1) is 25.5. The van der Waals surface area contributed by atoms with E-state index in [1.165, 1.54) is 11.6 Å². The smallest absolute Gasteiger partial charge is 0.222 e. The maximum absolute atomic E-state index is 14.0. The van der Waals surface area contributed by atoms with Gasteiger partial charge in [0.1, 0.15) is 18.0 Å². The van der Waals surface area contributed by atoms with Crippen LogP contribution in [0, 0.1) is 5.82 Å². The molecule has 0 radical (unpaired) electrons. The Morgan fingerprint density at radius 1 is 0.971 bits per heavy atom. The van der Waals surface area contributed by atoms with E-state index in [4.69, 9.17) is 14.2 Å². The predicted octanol–water partition coefficient (Wildman–Crippen LogP) is 4.67. The van der Waals surface area contributed by atoms with Gasteiger partial charge in [0.2, 0.25) is 5.91 Å². The minimum absolute atomic E-state index is 0.267. The monoisotopic (exact) mass is 484 g/mol. The molecule has 0 saturated carbocycles. The van der Waals surface area contributed by atoms with Gasteiger partial charge in [-0.3, -0.25) is 9.69 Å². The van der Waals surface area contributed by atoms with Crippen molar-refractivity contribution >= 4 is 5.91 Å².